The van der Waals surface area contributed by atoms with E-state index in [1.165, 1.54) is 6.08 Å². The molecule has 0 aliphatic carbocycles. The summed E-state index contributed by atoms with van der Waals surface area (Å²) in [6, 6.07) is 10.9. The highest BCUT2D eigenvalue weighted by Gasteiger charge is 2.17. The van der Waals surface area contributed by atoms with Crippen molar-refractivity contribution in [2.24, 2.45) is 0 Å². The zero-order valence-electron chi connectivity index (χ0n) is 13.7. The first-order valence-corrected chi connectivity index (χ1v) is 8.05. The molecule has 0 spiro atoms. The minimum Gasteiger partial charge on any atom is -0.496 e. The molecule has 5 nitrogen and oxygen atoms in total. The number of fused-ring (bicyclic) bond motifs is 1. The van der Waals surface area contributed by atoms with Crippen LogP contribution in [0.25, 0.3) is 6.08 Å². The lowest BCUT2D eigenvalue weighted by Gasteiger charge is -2.20. The van der Waals surface area contributed by atoms with Crippen molar-refractivity contribution in [2.45, 2.75) is 13.2 Å². The van der Waals surface area contributed by atoms with Crippen LogP contribution >= 0.6 is 11.6 Å². The molecular weight excluding hydrogens is 344 g/mol. The fourth-order valence-corrected chi connectivity index (χ4v) is 2.79. The number of ether oxygens (including phenoxy) is 4. The fraction of sp³-hybridized carbons (Fsp3) is 0.211. The van der Waals surface area contributed by atoms with Gasteiger partial charge >= 0.3 is 5.97 Å². The third-order valence-electron chi connectivity index (χ3n) is 3.66. The Kier molecular flexibility index (Phi) is 5.58. The van der Waals surface area contributed by atoms with Crippen molar-refractivity contribution in [2.75, 3.05) is 13.9 Å². The number of carbonyl (C=O) groups excluding carboxylic acids is 1. The number of para-hydroxylation sites is 1. The Bertz CT molecular complexity index is 800. The van der Waals surface area contributed by atoms with E-state index in [4.69, 9.17) is 30.5 Å². The van der Waals surface area contributed by atoms with E-state index in [2.05, 4.69) is 0 Å². The van der Waals surface area contributed by atoms with Crippen LogP contribution in [0.5, 0.6) is 11.5 Å². The summed E-state index contributed by atoms with van der Waals surface area (Å²) in [6.45, 7) is 0.659. The molecular formula is C19H17ClO5. The largest absolute Gasteiger partial charge is 0.496 e. The van der Waals surface area contributed by atoms with E-state index in [-0.39, 0.29) is 13.4 Å². The minimum absolute atomic E-state index is 0.0675. The predicted octanol–water partition coefficient (Wildman–Crippen LogP) is 3.97. The molecule has 0 saturated heterocycles. The van der Waals surface area contributed by atoms with Crippen LogP contribution < -0.4 is 9.47 Å². The van der Waals surface area contributed by atoms with Crippen molar-refractivity contribution >= 4 is 23.6 Å². The highest BCUT2D eigenvalue weighted by molar-refractivity contribution is 6.30. The quantitative estimate of drug-likeness (QED) is 0.596. The van der Waals surface area contributed by atoms with Gasteiger partial charge in [-0.25, -0.2) is 4.79 Å². The van der Waals surface area contributed by atoms with Gasteiger partial charge in [-0.1, -0.05) is 29.8 Å². The average Bonchev–Trinajstić information content (AvgIpc) is 2.64. The van der Waals surface area contributed by atoms with Crippen molar-refractivity contribution in [1.82, 2.24) is 0 Å². The van der Waals surface area contributed by atoms with Gasteiger partial charge in [0.05, 0.1) is 13.7 Å². The molecule has 0 saturated carbocycles. The molecule has 1 aliphatic rings. The topological polar surface area (TPSA) is 54.0 Å². The fourth-order valence-electron chi connectivity index (χ4n) is 2.52. The third-order valence-corrected chi connectivity index (χ3v) is 3.88. The monoisotopic (exact) mass is 360 g/mol. The average molecular weight is 361 g/mol. The lowest BCUT2D eigenvalue weighted by molar-refractivity contribution is -0.139. The molecule has 0 N–H and O–H groups in total. The first-order chi connectivity index (χ1) is 12.2. The van der Waals surface area contributed by atoms with Crippen LogP contribution in [-0.2, 0) is 27.5 Å². The highest BCUT2D eigenvalue weighted by Crippen LogP contribution is 2.32. The summed E-state index contributed by atoms with van der Waals surface area (Å²) in [7, 11) is 1.58. The van der Waals surface area contributed by atoms with Gasteiger partial charge in [0, 0.05) is 27.8 Å². The number of methoxy groups -OCH3 is 1. The molecule has 1 heterocycles. The summed E-state index contributed by atoms with van der Waals surface area (Å²) in [5.74, 6) is 0.882. The lowest BCUT2D eigenvalue weighted by Crippen LogP contribution is -2.14. The Morgan fingerprint density at radius 1 is 1.32 bits per heavy atom. The number of hydrogen-bond donors (Lipinski definition) is 0. The number of carbonyl (C=O) groups is 1. The van der Waals surface area contributed by atoms with Gasteiger partial charge in [-0.3, -0.25) is 0 Å². The van der Waals surface area contributed by atoms with Gasteiger partial charge in [0.25, 0.3) is 0 Å². The molecule has 1 aliphatic heterocycles. The molecule has 0 amide bonds. The Labute approximate surface area is 150 Å². The van der Waals surface area contributed by atoms with E-state index in [1.807, 2.05) is 24.3 Å². The number of benzene rings is 2. The molecule has 130 valence electrons. The normalized spacial score (nSPS) is 13.2. The number of halogens is 1. The van der Waals surface area contributed by atoms with Gasteiger partial charge in [-0.2, -0.15) is 0 Å². The van der Waals surface area contributed by atoms with Crippen LogP contribution in [0, 0.1) is 0 Å². The standard InChI is InChI=1S/C19H17ClO5/c1-22-17-5-3-2-4-13(17)6-7-18(21)24-11-15-9-16(20)8-14-10-23-12-25-19(14)15/h2-9H,10-12H2,1H3/b7-6+. The second-order valence-corrected chi connectivity index (χ2v) is 5.78. The molecule has 2 aromatic carbocycles. The molecule has 2 aromatic rings. The van der Waals surface area contributed by atoms with Gasteiger partial charge in [0.2, 0.25) is 0 Å². The molecule has 25 heavy (non-hydrogen) atoms. The van der Waals surface area contributed by atoms with Gasteiger partial charge in [0.1, 0.15) is 18.1 Å². The molecule has 0 fully saturated rings. The Hall–Kier alpha value is -2.50. The van der Waals surface area contributed by atoms with Crippen LogP contribution in [0.4, 0.5) is 0 Å². The van der Waals surface area contributed by atoms with Gasteiger partial charge in [-0.15, -0.1) is 0 Å². The Balaban J connectivity index is 1.67. The van der Waals surface area contributed by atoms with E-state index < -0.39 is 5.97 Å². The molecule has 3 rings (SSSR count). The zero-order valence-corrected chi connectivity index (χ0v) is 14.4. The second kappa shape index (κ2) is 8.05. The highest BCUT2D eigenvalue weighted by atomic mass is 35.5. The second-order valence-electron chi connectivity index (χ2n) is 5.35. The third kappa shape index (κ3) is 4.32. The van der Waals surface area contributed by atoms with E-state index in [0.29, 0.717) is 28.7 Å². The number of hydrogen-bond acceptors (Lipinski definition) is 5. The maximum Gasteiger partial charge on any atom is 0.331 e. The summed E-state index contributed by atoms with van der Waals surface area (Å²) >= 11 is 6.09. The summed E-state index contributed by atoms with van der Waals surface area (Å²) in [6.07, 6.45) is 3.01. The SMILES string of the molecule is COc1ccccc1/C=C/C(=O)OCc1cc(Cl)cc2c1OCOC2. The number of esters is 1. The van der Waals surface area contributed by atoms with Crippen LogP contribution in [0.15, 0.2) is 42.5 Å². The maximum absolute atomic E-state index is 12.0. The molecule has 0 radical (unpaired) electrons. The van der Waals surface area contributed by atoms with Crippen molar-refractivity contribution in [3.05, 3.63) is 64.2 Å². The first kappa shape index (κ1) is 17.3. The Morgan fingerprint density at radius 2 is 2.16 bits per heavy atom. The van der Waals surface area contributed by atoms with Crippen LogP contribution in [0.1, 0.15) is 16.7 Å². The van der Waals surface area contributed by atoms with Crippen LogP contribution in [0.3, 0.4) is 0 Å². The zero-order chi connectivity index (χ0) is 17.6. The molecule has 0 unspecified atom stereocenters. The minimum atomic E-state index is -0.466. The summed E-state index contributed by atoms with van der Waals surface area (Å²) < 4.78 is 21.3. The predicted molar refractivity (Wildman–Crippen MR) is 93.6 cm³/mol. The molecule has 0 aromatic heterocycles. The van der Waals surface area contributed by atoms with Crippen molar-refractivity contribution in [1.29, 1.82) is 0 Å². The van der Waals surface area contributed by atoms with Gasteiger partial charge in [-0.05, 0) is 24.3 Å². The Morgan fingerprint density at radius 3 is 3.00 bits per heavy atom. The van der Waals surface area contributed by atoms with Crippen LogP contribution in [-0.4, -0.2) is 19.9 Å². The maximum atomic E-state index is 12.0. The van der Waals surface area contributed by atoms with Crippen LogP contribution in [0.2, 0.25) is 5.02 Å². The first-order valence-electron chi connectivity index (χ1n) is 7.67. The van der Waals surface area contributed by atoms with Gasteiger partial charge < -0.3 is 18.9 Å². The van der Waals surface area contributed by atoms with E-state index in [9.17, 15) is 4.79 Å². The van der Waals surface area contributed by atoms with Crippen molar-refractivity contribution in [3.63, 3.8) is 0 Å². The molecule has 0 bridgehead atoms. The van der Waals surface area contributed by atoms with E-state index in [0.717, 1.165) is 11.1 Å². The van der Waals surface area contributed by atoms with Crippen molar-refractivity contribution in [3.8, 4) is 11.5 Å². The summed E-state index contributed by atoms with van der Waals surface area (Å²) in [5.41, 5.74) is 2.35. The van der Waals surface area contributed by atoms with Crippen molar-refractivity contribution < 1.29 is 23.7 Å². The molecule has 0 atom stereocenters. The summed E-state index contributed by atoms with van der Waals surface area (Å²) in [5, 5.41) is 0.545. The molecule has 6 heteroatoms. The number of rotatable bonds is 5. The lowest BCUT2D eigenvalue weighted by atomic mass is 10.1. The van der Waals surface area contributed by atoms with Gasteiger partial charge in [0.15, 0.2) is 6.79 Å². The van der Waals surface area contributed by atoms with E-state index in [1.54, 1.807) is 25.3 Å². The summed E-state index contributed by atoms with van der Waals surface area (Å²) in [4.78, 5) is 12.0. The van der Waals surface area contributed by atoms with E-state index >= 15 is 0 Å². The smallest absolute Gasteiger partial charge is 0.331 e.